The Morgan fingerprint density at radius 2 is 2.18 bits per heavy atom. The molecule has 1 saturated carbocycles. The zero-order valence-electron chi connectivity index (χ0n) is 10.3. The van der Waals surface area contributed by atoms with Crippen molar-refractivity contribution in [2.75, 3.05) is 13.7 Å². The fourth-order valence-electron chi connectivity index (χ4n) is 1.73. The van der Waals surface area contributed by atoms with Gasteiger partial charge in [0, 0.05) is 12.1 Å². The van der Waals surface area contributed by atoms with E-state index in [1.54, 1.807) is 7.11 Å². The minimum atomic E-state index is 0.650. The van der Waals surface area contributed by atoms with Crippen molar-refractivity contribution in [1.29, 1.82) is 0 Å². The summed E-state index contributed by atoms with van der Waals surface area (Å²) in [5, 5.41) is 0. The molecule has 0 bridgehead atoms. The van der Waals surface area contributed by atoms with Crippen LogP contribution in [0.25, 0.3) is 0 Å². The van der Waals surface area contributed by atoms with Gasteiger partial charge in [-0.1, -0.05) is 6.07 Å². The Balaban J connectivity index is 2.12. The molecule has 2 rings (SSSR count). The van der Waals surface area contributed by atoms with Crippen LogP contribution in [-0.2, 0) is 11.4 Å². The molecule has 0 atom stereocenters. The summed E-state index contributed by atoms with van der Waals surface area (Å²) in [7, 11) is 1.62. The monoisotopic (exact) mass is 299 g/mol. The van der Waals surface area contributed by atoms with Crippen LogP contribution in [0.5, 0.6) is 5.75 Å². The summed E-state index contributed by atoms with van der Waals surface area (Å²) in [5.74, 6) is 1.69. The van der Waals surface area contributed by atoms with Crippen molar-refractivity contribution in [1.82, 2.24) is 5.48 Å². The predicted octanol–water partition coefficient (Wildman–Crippen LogP) is 3.20. The van der Waals surface area contributed by atoms with Gasteiger partial charge in [-0.15, -0.1) is 0 Å². The van der Waals surface area contributed by atoms with Crippen LogP contribution >= 0.6 is 15.9 Å². The summed E-state index contributed by atoms with van der Waals surface area (Å²) in [4.78, 5) is 4.90. The van der Waals surface area contributed by atoms with E-state index in [4.69, 9.17) is 9.57 Å². The molecule has 0 saturated heterocycles. The Bertz CT molecular complexity index is 391. The van der Waals surface area contributed by atoms with E-state index in [2.05, 4.69) is 40.5 Å². The highest BCUT2D eigenvalue weighted by molar-refractivity contribution is 9.10. The lowest BCUT2D eigenvalue weighted by Crippen LogP contribution is -2.13. The molecule has 4 heteroatoms. The Morgan fingerprint density at radius 3 is 2.82 bits per heavy atom. The van der Waals surface area contributed by atoms with E-state index in [1.165, 1.54) is 18.4 Å². The fraction of sp³-hybridized carbons (Fsp3) is 0.538. The molecule has 0 unspecified atom stereocenters. The topological polar surface area (TPSA) is 30.5 Å². The van der Waals surface area contributed by atoms with Gasteiger partial charge in [0.05, 0.1) is 18.2 Å². The molecule has 1 aliphatic carbocycles. The van der Waals surface area contributed by atoms with Crippen molar-refractivity contribution in [2.24, 2.45) is 5.92 Å². The minimum absolute atomic E-state index is 0.650. The first-order valence-corrected chi connectivity index (χ1v) is 6.67. The number of nitrogens with one attached hydrogen (secondary N) is 1. The molecular weight excluding hydrogens is 282 g/mol. The maximum absolute atomic E-state index is 5.90. The molecule has 1 aliphatic rings. The standard InChI is InChI=1S/C13H18BrNO2/c1-9-5-11(7-15-16-2)13(12(14)6-9)17-8-10-3-4-10/h5-6,10,15H,3-4,7-8H2,1-2H3. The van der Waals surface area contributed by atoms with E-state index >= 15 is 0 Å². The first-order valence-electron chi connectivity index (χ1n) is 5.88. The van der Waals surface area contributed by atoms with Gasteiger partial charge in [-0.25, -0.2) is 0 Å². The third-order valence-electron chi connectivity index (χ3n) is 2.83. The molecule has 1 aromatic carbocycles. The van der Waals surface area contributed by atoms with Crippen LogP contribution in [0, 0.1) is 12.8 Å². The number of ether oxygens (including phenoxy) is 1. The highest BCUT2D eigenvalue weighted by Crippen LogP contribution is 2.34. The second-order valence-corrected chi connectivity index (χ2v) is 5.37. The van der Waals surface area contributed by atoms with Gasteiger partial charge in [-0.05, 0) is 53.2 Å². The summed E-state index contributed by atoms with van der Waals surface area (Å²) >= 11 is 3.57. The van der Waals surface area contributed by atoms with Crippen LogP contribution in [0.15, 0.2) is 16.6 Å². The Kier molecular flexibility index (Phi) is 4.42. The molecule has 17 heavy (non-hydrogen) atoms. The van der Waals surface area contributed by atoms with Crippen LogP contribution in [-0.4, -0.2) is 13.7 Å². The lowest BCUT2D eigenvalue weighted by Gasteiger charge is -2.14. The average Bonchev–Trinajstić information content (AvgIpc) is 3.08. The minimum Gasteiger partial charge on any atom is -0.492 e. The van der Waals surface area contributed by atoms with Crippen LogP contribution in [0.1, 0.15) is 24.0 Å². The maximum atomic E-state index is 5.90. The van der Waals surface area contributed by atoms with Crippen LogP contribution in [0.3, 0.4) is 0 Å². The van der Waals surface area contributed by atoms with Gasteiger partial charge in [-0.3, -0.25) is 0 Å². The quantitative estimate of drug-likeness (QED) is 0.818. The predicted molar refractivity (Wildman–Crippen MR) is 70.9 cm³/mol. The Morgan fingerprint density at radius 1 is 1.41 bits per heavy atom. The third-order valence-corrected chi connectivity index (χ3v) is 3.42. The number of halogens is 1. The zero-order chi connectivity index (χ0) is 12.3. The molecule has 0 aliphatic heterocycles. The van der Waals surface area contributed by atoms with E-state index < -0.39 is 0 Å². The molecule has 0 heterocycles. The lowest BCUT2D eigenvalue weighted by molar-refractivity contribution is 0.0858. The first kappa shape index (κ1) is 12.9. The first-order chi connectivity index (χ1) is 8.20. The second kappa shape index (κ2) is 5.85. The zero-order valence-corrected chi connectivity index (χ0v) is 11.8. The highest BCUT2D eigenvalue weighted by Gasteiger charge is 2.23. The molecule has 1 fully saturated rings. The molecule has 1 aromatic rings. The van der Waals surface area contributed by atoms with Crippen molar-refractivity contribution in [3.05, 3.63) is 27.7 Å². The van der Waals surface area contributed by atoms with Gasteiger partial charge < -0.3 is 9.57 Å². The van der Waals surface area contributed by atoms with Crippen molar-refractivity contribution >= 4 is 15.9 Å². The smallest absolute Gasteiger partial charge is 0.138 e. The van der Waals surface area contributed by atoms with Crippen molar-refractivity contribution < 1.29 is 9.57 Å². The maximum Gasteiger partial charge on any atom is 0.138 e. The number of aryl methyl sites for hydroxylation is 1. The van der Waals surface area contributed by atoms with Crippen LogP contribution < -0.4 is 10.2 Å². The van der Waals surface area contributed by atoms with Gasteiger partial charge in [0.25, 0.3) is 0 Å². The molecule has 0 radical (unpaired) electrons. The van der Waals surface area contributed by atoms with Crippen molar-refractivity contribution in [3.8, 4) is 5.75 Å². The van der Waals surface area contributed by atoms with Gasteiger partial charge >= 0.3 is 0 Å². The number of hydrogen-bond donors (Lipinski definition) is 1. The van der Waals surface area contributed by atoms with Crippen molar-refractivity contribution in [2.45, 2.75) is 26.3 Å². The van der Waals surface area contributed by atoms with E-state index in [9.17, 15) is 0 Å². The van der Waals surface area contributed by atoms with Gasteiger partial charge in [0.2, 0.25) is 0 Å². The number of hydroxylamine groups is 1. The van der Waals surface area contributed by atoms with E-state index in [0.29, 0.717) is 6.54 Å². The summed E-state index contributed by atoms with van der Waals surface area (Å²) in [6, 6.07) is 4.21. The van der Waals surface area contributed by atoms with E-state index in [0.717, 1.165) is 28.3 Å². The van der Waals surface area contributed by atoms with Gasteiger partial charge in [-0.2, -0.15) is 5.48 Å². The Hall–Kier alpha value is -0.580. The largest absolute Gasteiger partial charge is 0.492 e. The summed E-state index contributed by atoms with van der Waals surface area (Å²) < 4.78 is 6.92. The molecule has 94 valence electrons. The number of hydrogen-bond acceptors (Lipinski definition) is 3. The highest BCUT2D eigenvalue weighted by atomic mass is 79.9. The molecule has 0 aromatic heterocycles. The molecule has 1 N–H and O–H groups in total. The van der Waals surface area contributed by atoms with Crippen LogP contribution in [0.2, 0.25) is 0 Å². The van der Waals surface area contributed by atoms with Crippen molar-refractivity contribution in [3.63, 3.8) is 0 Å². The summed E-state index contributed by atoms with van der Waals surface area (Å²) in [6.07, 6.45) is 2.60. The normalized spacial score (nSPS) is 15.0. The molecule has 3 nitrogen and oxygen atoms in total. The second-order valence-electron chi connectivity index (χ2n) is 4.51. The number of benzene rings is 1. The molecule has 0 amide bonds. The summed E-state index contributed by atoms with van der Waals surface area (Å²) in [6.45, 7) is 3.55. The van der Waals surface area contributed by atoms with Gasteiger partial charge in [0.15, 0.2) is 0 Å². The van der Waals surface area contributed by atoms with E-state index in [1.807, 2.05) is 0 Å². The SMILES string of the molecule is CONCc1cc(C)cc(Br)c1OCC1CC1. The number of rotatable bonds is 6. The average molecular weight is 300 g/mol. The van der Waals surface area contributed by atoms with Gasteiger partial charge in [0.1, 0.15) is 5.75 Å². The summed E-state index contributed by atoms with van der Waals surface area (Å²) in [5.41, 5.74) is 5.20. The third kappa shape index (κ3) is 3.69. The lowest BCUT2D eigenvalue weighted by atomic mass is 10.1. The fourth-order valence-corrected chi connectivity index (χ4v) is 2.46. The Labute approximate surface area is 111 Å². The van der Waals surface area contributed by atoms with Crippen LogP contribution in [0.4, 0.5) is 0 Å². The van der Waals surface area contributed by atoms with E-state index in [-0.39, 0.29) is 0 Å². The molecular formula is C13H18BrNO2. The molecule has 0 spiro atoms.